The average molecular weight is 241 g/mol. The van der Waals surface area contributed by atoms with E-state index in [1.165, 1.54) is 6.42 Å². The topological polar surface area (TPSA) is 47.0 Å². The van der Waals surface area contributed by atoms with E-state index in [1.807, 2.05) is 9.80 Å². The highest BCUT2D eigenvalue weighted by atomic mass is 16.3. The van der Waals surface area contributed by atoms with Crippen LogP contribution in [0.15, 0.2) is 0 Å². The number of hydrogen-bond acceptors (Lipinski definition) is 3. The fourth-order valence-corrected chi connectivity index (χ4v) is 2.59. The molecule has 2 rings (SSSR count). The summed E-state index contributed by atoms with van der Waals surface area (Å²) < 4.78 is 0. The van der Waals surface area contributed by atoms with Gasteiger partial charge in [0.05, 0.1) is 6.61 Å². The fourth-order valence-electron chi connectivity index (χ4n) is 2.59. The van der Waals surface area contributed by atoms with Crippen molar-refractivity contribution in [1.29, 1.82) is 0 Å². The van der Waals surface area contributed by atoms with Crippen molar-refractivity contribution in [3.8, 4) is 0 Å². The van der Waals surface area contributed by atoms with Gasteiger partial charge < -0.3 is 14.9 Å². The van der Waals surface area contributed by atoms with Gasteiger partial charge in [-0.1, -0.05) is 0 Å². The molecule has 0 spiro atoms. The fraction of sp³-hybridized carbons (Fsp3) is 0.917. The van der Waals surface area contributed by atoms with E-state index in [9.17, 15) is 4.79 Å². The van der Waals surface area contributed by atoms with Crippen LogP contribution in [0.3, 0.4) is 0 Å². The molecule has 0 bridgehead atoms. The first kappa shape index (κ1) is 12.6. The van der Waals surface area contributed by atoms with E-state index in [4.69, 9.17) is 5.11 Å². The van der Waals surface area contributed by atoms with E-state index in [-0.39, 0.29) is 12.6 Å². The molecule has 0 aromatic carbocycles. The second kappa shape index (κ2) is 6.21. The summed E-state index contributed by atoms with van der Waals surface area (Å²) in [7, 11) is 0. The van der Waals surface area contributed by atoms with E-state index in [2.05, 4.69) is 4.90 Å². The predicted octanol–water partition coefficient (Wildman–Crippen LogP) is 0.202. The van der Waals surface area contributed by atoms with Crippen molar-refractivity contribution in [2.24, 2.45) is 0 Å². The van der Waals surface area contributed by atoms with Crippen LogP contribution >= 0.6 is 0 Å². The molecule has 5 nitrogen and oxygen atoms in total. The summed E-state index contributed by atoms with van der Waals surface area (Å²) in [6.45, 7) is 6.17. The van der Waals surface area contributed by atoms with E-state index >= 15 is 0 Å². The third kappa shape index (κ3) is 3.33. The minimum atomic E-state index is 0.208. The maximum absolute atomic E-state index is 12.2. The average Bonchev–Trinajstić information content (AvgIpc) is 2.40. The molecular weight excluding hydrogens is 218 g/mol. The first-order chi connectivity index (χ1) is 8.31. The smallest absolute Gasteiger partial charge is 0.320 e. The van der Waals surface area contributed by atoms with Gasteiger partial charge in [-0.15, -0.1) is 0 Å². The Morgan fingerprint density at radius 2 is 1.47 bits per heavy atom. The molecule has 5 heteroatoms. The molecule has 1 N–H and O–H groups in total. The van der Waals surface area contributed by atoms with Gasteiger partial charge >= 0.3 is 6.03 Å². The summed E-state index contributed by atoms with van der Waals surface area (Å²) in [4.78, 5) is 18.4. The summed E-state index contributed by atoms with van der Waals surface area (Å²) in [6.07, 6.45) is 3.56. The van der Waals surface area contributed by atoms with Gasteiger partial charge in [0.25, 0.3) is 0 Å². The molecule has 17 heavy (non-hydrogen) atoms. The van der Waals surface area contributed by atoms with Crippen molar-refractivity contribution in [2.75, 3.05) is 52.4 Å². The molecule has 2 aliphatic heterocycles. The molecule has 98 valence electrons. The maximum Gasteiger partial charge on any atom is 0.320 e. The molecule has 0 aliphatic carbocycles. The van der Waals surface area contributed by atoms with Crippen LogP contribution in [-0.2, 0) is 0 Å². The largest absolute Gasteiger partial charge is 0.395 e. The number of urea groups is 1. The Bertz CT molecular complexity index is 246. The molecule has 2 aliphatic rings. The van der Waals surface area contributed by atoms with E-state index in [0.717, 1.165) is 58.7 Å². The second-order valence-electron chi connectivity index (χ2n) is 4.88. The number of aliphatic hydroxyl groups excluding tert-OH is 1. The number of hydrogen-bond donors (Lipinski definition) is 1. The lowest BCUT2D eigenvalue weighted by Crippen LogP contribution is -2.53. The summed E-state index contributed by atoms with van der Waals surface area (Å²) in [5, 5.41) is 8.87. The standard InChI is InChI=1S/C12H23N3O2/c16-11-10-13-6-8-15(9-7-13)12(17)14-4-2-1-3-5-14/h16H,1-11H2. The van der Waals surface area contributed by atoms with Crippen LogP contribution in [0.1, 0.15) is 19.3 Å². The molecule has 2 amide bonds. The van der Waals surface area contributed by atoms with Crippen LogP contribution in [0.4, 0.5) is 4.79 Å². The lowest BCUT2D eigenvalue weighted by atomic mass is 10.1. The monoisotopic (exact) mass is 241 g/mol. The predicted molar refractivity (Wildman–Crippen MR) is 65.9 cm³/mol. The molecule has 2 heterocycles. The molecule has 2 fully saturated rings. The van der Waals surface area contributed by atoms with Gasteiger partial charge in [0.2, 0.25) is 0 Å². The molecule has 0 unspecified atom stereocenters. The lowest BCUT2D eigenvalue weighted by Gasteiger charge is -2.38. The molecule has 0 saturated carbocycles. The Morgan fingerprint density at radius 3 is 2.06 bits per heavy atom. The Labute approximate surface area is 103 Å². The third-order valence-corrected chi connectivity index (χ3v) is 3.69. The Hall–Kier alpha value is -0.810. The van der Waals surface area contributed by atoms with E-state index in [0.29, 0.717) is 0 Å². The van der Waals surface area contributed by atoms with Gasteiger partial charge in [-0.3, -0.25) is 4.90 Å². The third-order valence-electron chi connectivity index (χ3n) is 3.69. The number of amides is 2. The number of carbonyl (C=O) groups is 1. The van der Waals surface area contributed by atoms with Crippen LogP contribution in [0.25, 0.3) is 0 Å². The Balaban J connectivity index is 1.77. The number of nitrogens with zero attached hydrogens (tertiary/aromatic N) is 3. The van der Waals surface area contributed by atoms with Gasteiger partial charge in [0, 0.05) is 45.8 Å². The molecule has 2 saturated heterocycles. The van der Waals surface area contributed by atoms with Gasteiger partial charge in [-0.25, -0.2) is 4.79 Å². The first-order valence-electron chi connectivity index (χ1n) is 6.68. The number of piperidine rings is 1. The molecular formula is C12H23N3O2. The number of rotatable bonds is 2. The minimum absolute atomic E-state index is 0.208. The van der Waals surface area contributed by atoms with Gasteiger partial charge in [0.1, 0.15) is 0 Å². The summed E-state index contributed by atoms with van der Waals surface area (Å²) in [5.41, 5.74) is 0. The molecule has 0 aromatic heterocycles. The van der Waals surface area contributed by atoms with Gasteiger partial charge in [0.15, 0.2) is 0 Å². The SMILES string of the molecule is O=C(N1CCCCC1)N1CCN(CCO)CC1. The first-order valence-corrected chi connectivity index (χ1v) is 6.68. The van der Waals surface area contributed by atoms with Crippen LogP contribution in [-0.4, -0.2) is 78.3 Å². The van der Waals surface area contributed by atoms with Crippen molar-refractivity contribution in [3.63, 3.8) is 0 Å². The van der Waals surface area contributed by atoms with E-state index < -0.39 is 0 Å². The van der Waals surface area contributed by atoms with Crippen molar-refractivity contribution in [3.05, 3.63) is 0 Å². The number of β-amino-alcohol motifs (C(OH)–C–C–N with tert-alkyl or cyclic N) is 1. The van der Waals surface area contributed by atoms with Crippen molar-refractivity contribution < 1.29 is 9.90 Å². The maximum atomic E-state index is 12.2. The van der Waals surface area contributed by atoms with Crippen LogP contribution < -0.4 is 0 Å². The highest BCUT2D eigenvalue weighted by Gasteiger charge is 2.25. The quantitative estimate of drug-likeness (QED) is 0.751. The van der Waals surface area contributed by atoms with Gasteiger partial charge in [-0.05, 0) is 19.3 Å². The van der Waals surface area contributed by atoms with Gasteiger partial charge in [-0.2, -0.15) is 0 Å². The second-order valence-corrected chi connectivity index (χ2v) is 4.88. The molecule has 0 aromatic rings. The highest BCUT2D eigenvalue weighted by Crippen LogP contribution is 2.12. The number of aliphatic hydroxyl groups is 1. The lowest BCUT2D eigenvalue weighted by molar-refractivity contribution is 0.0982. The number of likely N-dealkylation sites (tertiary alicyclic amines) is 1. The summed E-state index contributed by atoms with van der Waals surface area (Å²) >= 11 is 0. The van der Waals surface area contributed by atoms with E-state index in [1.54, 1.807) is 0 Å². The van der Waals surface area contributed by atoms with Crippen molar-refractivity contribution >= 4 is 6.03 Å². The molecule has 0 radical (unpaired) electrons. The van der Waals surface area contributed by atoms with Crippen LogP contribution in [0, 0.1) is 0 Å². The minimum Gasteiger partial charge on any atom is -0.395 e. The number of piperazine rings is 1. The number of carbonyl (C=O) groups excluding carboxylic acids is 1. The zero-order valence-electron chi connectivity index (χ0n) is 10.5. The zero-order chi connectivity index (χ0) is 12.1. The highest BCUT2D eigenvalue weighted by molar-refractivity contribution is 5.74. The van der Waals surface area contributed by atoms with Crippen molar-refractivity contribution in [1.82, 2.24) is 14.7 Å². The van der Waals surface area contributed by atoms with Crippen LogP contribution in [0.2, 0.25) is 0 Å². The summed E-state index contributed by atoms with van der Waals surface area (Å²) in [5.74, 6) is 0. The van der Waals surface area contributed by atoms with Crippen LogP contribution in [0.5, 0.6) is 0 Å². The Morgan fingerprint density at radius 1 is 0.882 bits per heavy atom. The molecule has 0 atom stereocenters. The van der Waals surface area contributed by atoms with Crippen molar-refractivity contribution in [2.45, 2.75) is 19.3 Å². The normalized spacial score (nSPS) is 22.9. The zero-order valence-corrected chi connectivity index (χ0v) is 10.5. The Kier molecular flexibility index (Phi) is 4.62. The summed E-state index contributed by atoms with van der Waals surface area (Å²) in [6, 6.07) is 0.216.